The van der Waals surface area contributed by atoms with E-state index in [4.69, 9.17) is 4.74 Å². The van der Waals surface area contributed by atoms with Crippen LogP contribution in [0.2, 0.25) is 0 Å². The highest BCUT2D eigenvalue weighted by molar-refractivity contribution is 5.92. The second kappa shape index (κ2) is 5.20. The van der Waals surface area contributed by atoms with Crippen LogP contribution in [0.15, 0.2) is 0 Å². The Labute approximate surface area is 123 Å². The van der Waals surface area contributed by atoms with Gasteiger partial charge in [-0.05, 0) is 33.6 Å². The molecule has 2 aliphatic rings. The summed E-state index contributed by atoms with van der Waals surface area (Å²) in [5.41, 5.74) is -1.45. The van der Waals surface area contributed by atoms with Crippen LogP contribution in [0.1, 0.15) is 33.6 Å². The molecule has 118 valence electrons. The zero-order chi connectivity index (χ0) is 15.8. The lowest BCUT2D eigenvalue weighted by molar-refractivity contribution is -0.150. The molecular formula is C14H22N2O5. The van der Waals surface area contributed by atoms with Crippen LogP contribution in [-0.2, 0) is 14.3 Å². The number of likely N-dealkylation sites (tertiary alicyclic amines) is 1. The topological polar surface area (TPSA) is 95.9 Å². The standard InChI is InChI=1S/C14H22N2O5/c1-13(2,3)21-12(20)16-6-4-14(5-7-16)9(10(17)18)8-15-11(14)19/h9H,4-8H2,1-3H3,(H,15,19)(H,17,18)/t9-/m1/s1. The Morgan fingerprint density at radius 3 is 2.38 bits per heavy atom. The maximum Gasteiger partial charge on any atom is 0.410 e. The summed E-state index contributed by atoms with van der Waals surface area (Å²) in [4.78, 5) is 36.9. The fourth-order valence-corrected chi connectivity index (χ4v) is 3.04. The number of nitrogens with zero attached hydrogens (tertiary/aromatic N) is 1. The van der Waals surface area contributed by atoms with Crippen molar-refractivity contribution in [2.75, 3.05) is 19.6 Å². The molecule has 0 bridgehead atoms. The zero-order valence-electron chi connectivity index (χ0n) is 12.6. The van der Waals surface area contributed by atoms with E-state index in [0.717, 1.165) is 0 Å². The molecule has 0 aromatic rings. The number of carbonyl (C=O) groups is 3. The molecule has 0 aromatic heterocycles. The van der Waals surface area contributed by atoms with E-state index >= 15 is 0 Å². The van der Waals surface area contributed by atoms with Crippen LogP contribution in [0.25, 0.3) is 0 Å². The average molecular weight is 298 g/mol. The van der Waals surface area contributed by atoms with Crippen molar-refractivity contribution in [1.82, 2.24) is 10.2 Å². The fourth-order valence-electron chi connectivity index (χ4n) is 3.04. The lowest BCUT2D eigenvalue weighted by Crippen LogP contribution is -2.50. The predicted molar refractivity (Wildman–Crippen MR) is 73.6 cm³/mol. The van der Waals surface area contributed by atoms with Gasteiger partial charge in [0.1, 0.15) is 5.60 Å². The number of nitrogens with one attached hydrogen (secondary N) is 1. The van der Waals surface area contributed by atoms with Gasteiger partial charge in [-0.1, -0.05) is 0 Å². The van der Waals surface area contributed by atoms with E-state index in [1.807, 2.05) is 0 Å². The Kier molecular flexibility index (Phi) is 3.86. The molecule has 2 fully saturated rings. The average Bonchev–Trinajstić information content (AvgIpc) is 2.66. The first-order valence-electron chi connectivity index (χ1n) is 7.15. The van der Waals surface area contributed by atoms with Gasteiger partial charge in [-0.2, -0.15) is 0 Å². The normalized spacial score (nSPS) is 24.8. The molecule has 1 spiro atoms. The van der Waals surface area contributed by atoms with Crippen molar-refractivity contribution in [1.29, 1.82) is 0 Å². The van der Waals surface area contributed by atoms with Crippen LogP contribution in [0.5, 0.6) is 0 Å². The first-order chi connectivity index (χ1) is 9.66. The number of rotatable bonds is 1. The van der Waals surface area contributed by atoms with Gasteiger partial charge in [0.15, 0.2) is 0 Å². The predicted octanol–water partition coefficient (Wildman–Crippen LogP) is 0.834. The molecule has 2 rings (SSSR count). The van der Waals surface area contributed by atoms with Crippen molar-refractivity contribution in [2.45, 2.75) is 39.2 Å². The van der Waals surface area contributed by atoms with E-state index in [-0.39, 0.29) is 12.5 Å². The van der Waals surface area contributed by atoms with E-state index in [9.17, 15) is 19.5 Å². The first-order valence-corrected chi connectivity index (χ1v) is 7.15. The van der Waals surface area contributed by atoms with Crippen LogP contribution in [0, 0.1) is 11.3 Å². The van der Waals surface area contributed by atoms with Crippen molar-refractivity contribution in [2.24, 2.45) is 11.3 Å². The second-order valence-electron chi connectivity index (χ2n) is 6.72. The number of hydrogen-bond donors (Lipinski definition) is 2. The Bertz CT molecular complexity index is 460. The minimum absolute atomic E-state index is 0.167. The van der Waals surface area contributed by atoms with Gasteiger partial charge in [-0.3, -0.25) is 9.59 Å². The minimum atomic E-state index is -0.959. The molecule has 2 aliphatic heterocycles. The zero-order valence-corrected chi connectivity index (χ0v) is 12.6. The molecular weight excluding hydrogens is 276 g/mol. The van der Waals surface area contributed by atoms with Crippen molar-refractivity contribution < 1.29 is 24.2 Å². The molecule has 21 heavy (non-hydrogen) atoms. The molecule has 0 aliphatic carbocycles. The molecule has 2 amide bonds. The smallest absolute Gasteiger partial charge is 0.410 e. The Morgan fingerprint density at radius 1 is 1.33 bits per heavy atom. The number of amides is 2. The van der Waals surface area contributed by atoms with Crippen LogP contribution >= 0.6 is 0 Å². The highest BCUT2D eigenvalue weighted by Gasteiger charge is 2.55. The molecule has 0 aromatic carbocycles. The Hall–Kier alpha value is -1.79. The molecule has 0 saturated carbocycles. The number of aliphatic carboxylic acids is 1. The van der Waals surface area contributed by atoms with Gasteiger partial charge in [-0.25, -0.2) is 4.79 Å². The molecule has 7 heteroatoms. The summed E-state index contributed by atoms with van der Waals surface area (Å²) in [6.07, 6.45) is 0.298. The summed E-state index contributed by atoms with van der Waals surface area (Å²) in [6.45, 7) is 6.22. The molecule has 7 nitrogen and oxygen atoms in total. The molecule has 0 unspecified atom stereocenters. The summed E-state index contributed by atoms with van der Waals surface area (Å²) in [5.74, 6) is -1.89. The first kappa shape index (κ1) is 15.6. The minimum Gasteiger partial charge on any atom is -0.481 e. The van der Waals surface area contributed by atoms with Crippen LogP contribution in [0.3, 0.4) is 0 Å². The third-order valence-corrected chi connectivity index (χ3v) is 4.19. The maximum atomic E-state index is 12.1. The van der Waals surface area contributed by atoms with E-state index in [1.54, 1.807) is 25.7 Å². The van der Waals surface area contributed by atoms with Crippen molar-refractivity contribution >= 4 is 18.0 Å². The van der Waals surface area contributed by atoms with Crippen LogP contribution < -0.4 is 5.32 Å². The van der Waals surface area contributed by atoms with E-state index in [1.165, 1.54) is 0 Å². The largest absolute Gasteiger partial charge is 0.481 e. The Balaban J connectivity index is 2.04. The van der Waals surface area contributed by atoms with Crippen LogP contribution in [-0.4, -0.2) is 53.2 Å². The summed E-state index contributed by atoms with van der Waals surface area (Å²) in [5, 5.41) is 11.9. The maximum absolute atomic E-state index is 12.1. The van der Waals surface area contributed by atoms with Gasteiger partial charge < -0.3 is 20.1 Å². The van der Waals surface area contributed by atoms with Gasteiger partial charge in [0, 0.05) is 19.6 Å². The van der Waals surface area contributed by atoms with Gasteiger partial charge in [0.25, 0.3) is 0 Å². The highest BCUT2D eigenvalue weighted by atomic mass is 16.6. The lowest BCUT2D eigenvalue weighted by atomic mass is 9.70. The van der Waals surface area contributed by atoms with E-state index < -0.39 is 29.0 Å². The van der Waals surface area contributed by atoms with Crippen molar-refractivity contribution in [3.63, 3.8) is 0 Å². The number of ether oxygens (including phenoxy) is 1. The van der Waals surface area contributed by atoms with Gasteiger partial charge in [-0.15, -0.1) is 0 Å². The molecule has 2 heterocycles. The lowest BCUT2D eigenvalue weighted by Gasteiger charge is -2.39. The fraction of sp³-hybridized carbons (Fsp3) is 0.786. The Morgan fingerprint density at radius 2 is 1.90 bits per heavy atom. The van der Waals surface area contributed by atoms with Gasteiger partial charge in [0.2, 0.25) is 5.91 Å². The molecule has 0 radical (unpaired) electrons. The summed E-state index contributed by atoms with van der Waals surface area (Å²) < 4.78 is 5.30. The number of carboxylic acid groups (broad SMARTS) is 1. The van der Waals surface area contributed by atoms with E-state index in [2.05, 4.69) is 5.32 Å². The summed E-state index contributed by atoms with van der Waals surface area (Å²) in [7, 11) is 0. The highest BCUT2D eigenvalue weighted by Crippen LogP contribution is 2.42. The molecule has 1 atom stereocenters. The number of carboxylic acids is 1. The van der Waals surface area contributed by atoms with Crippen molar-refractivity contribution in [3.8, 4) is 0 Å². The molecule has 2 saturated heterocycles. The monoisotopic (exact) mass is 298 g/mol. The summed E-state index contributed by atoms with van der Waals surface area (Å²) >= 11 is 0. The van der Waals surface area contributed by atoms with Crippen LogP contribution in [0.4, 0.5) is 4.79 Å². The van der Waals surface area contributed by atoms with Crippen molar-refractivity contribution in [3.05, 3.63) is 0 Å². The second-order valence-corrected chi connectivity index (χ2v) is 6.72. The van der Waals surface area contributed by atoms with Gasteiger partial charge in [0.05, 0.1) is 11.3 Å². The summed E-state index contributed by atoms with van der Waals surface area (Å²) in [6, 6.07) is 0. The molecule has 2 N–H and O–H groups in total. The number of piperidine rings is 1. The SMILES string of the molecule is CC(C)(C)OC(=O)N1CCC2(CC1)C(=O)NC[C@@H]2C(=O)O. The van der Waals surface area contributed by atoms with Gasteiger partial charge >= 0.3 is 12.1 Å². The number of carbonyl (C=O) groups excluding carboxylic acids is 2. The number of hydrogen-bond acceptors (Lipinski definition) is 4. The third kappa shape index (κ3) is 2.96. The quantitative estimate of drug-likeness (QED) is 0.747. The van der Waals surface area contributed by atoms with E-state index in [0.29, 0.717) is 25.9 Å². The third-order valence-electron chi connectivity index (χ3n) is 4.19.